The number of hydrogen-bond acceptors (Lipinski definition) is 3. The Bertz CT molecular complexity index is 687. The lowest BCUT2D eigenvalue weighted by Crippen LogP contribution is -2.29. The first-order valence-corrected chi connectivity index (χ1v) is 8.12. The minimum Gasteiger partial charge on any atom is -0.356 e. The van der Waals surface area contributed by atoms with Crippen molar-refractivity contribution >= 4 is 5.91 Å². The van der Waals surface area contributed by atoms with Crippen molar-refractivity contribution in [1.29, 1.82) is 0 Å². The Morgan fingerprint density at radius 2 is 2.12 bits per heavy atom. The van der Waals surface area contributed by atoms with Gasteiger partial charge in [-0.15, -0.1) is 10.2 Å². The second-order valence-electron chi connectivity index (χ2n) is 6.22. The lowest BCUT2D eigenvalue weighted by molar-refractivity contribution is -0.121. The minimum atomic E-state index is -2.57. The molecule has 0 bridgehead atoms. The number of benzene rings is 1. The summed E-state index contributed by atoms with van der Waals surface area (Å²) in [5.41, 5.74) is 0.936. The molecule has 1 aliphatic rings. The molecule has 0 spiro atoms. The van der Waals surface area contributed by atoms with Crippen molar-refractivity contribution in [2.45, 2.75) is 38.0 Å². The summed E-state index contributed by atoms with van der Waals surface area (Å²) in [7, 11) is 0. The van der Waals surface area contributed by atoms with Gasteiger partial charge in [-0.3, -0.25) is 9.36 Å². The number of amides is 1. The molecule has 1 aromatic heterocycles. The van der Waals surface area contributed by atoms with Gasteiger partial charge in [-0.05, 0) is 24.5 Å². The van der Waals surface area contributed by atoms with E-state index in [9.17, 15) is 13.6 Å². The molecule has 128 valence electrons. The highest BCUT2D eigenvalue weighted by molar-refractivity contribution is 5.76. The summed E-state index contributed by atoms with van der Waals surface area (Å²) >= 11 is 0. The molecule has 24 heavy (non-hydrogen) atoms. The fourth-order valence-corrected chi connectivity index (χ4v) is 3.02. The summed E-state index contributed by atoms with van der Waals surface area (Å²) in [6.07, 6.45) is 2.58. The van der Waals surface area contributed by atoms with Gasteiger partial charge >= 0.3 is 0 Å². The molecule has 1 amide bonds. The number of carbonyl (C=O) groups is 1. The van der Waals surface area contributed by atoms with Crippen molar-refractivity contribution in [1.82, 2.24) is 20.1 Å². The highest BCUT2D eigenvalue weighted by Crippen LogP contribution is 2.38. The quantitative estimate of drug-likeness (QED) is 0.884. The van der Waals surface area contributed by atoms with Crippen LogP contribution in [-0.4, -0.2) is 33.1 Å². The SMILES string of the molecule is O=C(CCc1nncn1-c1ccccc1)NC[C@@H]1CCC(F)(F)C1. The minimum absolute atomic E-state index is 0.0757. The first kappa shape index (κ1) is 16.5. The fraction of sp³-hybridized carbons (Fsp3) is 0.471. The van der Waals surface area contributed by atoms with Gasteiger partial charge in [-0.1, -0.05) is 18.2 Å². The van der Waals surface area contributed by atoms with E-state index in [0.29, 0.717) is 25.2 Å². The van der Waals surface area contributed by atoms with Crippen LogP contribution in [0.1, 0.15) is 31.5 Å². The Labute approximate surface area is 139 Å². The summed E-state index contributed by atoms with van der Waals surface area (Å²) in [6.45, 7) is 0.319. The Morgan fingerprint density at radius 1 is 1.33 bits per heavy atom. The first-order valence-electron chi connectivity index (χ1n) is 8.12. The molecule has 1 aliphatic carbocycles. The van der Waals surface area contributed by atoms with Gasteiger partial charge in [-0.25, -0.2) is 8.78 Å². The van der Waals surface area contributed by atoms with E-state index >= 15 is 0 Å². The number of nitrogens with zero attached hydrogens (tertiary/aromatic N) is 3. The third-order valence-electron chi connectivity index (χ3n) is 4.32. The third-order valence-corrected chi connectivity index (χ3v) is 4.32. The molecule has 0 saturated heterocycles. The van der Waals surface area contributed by atoms with Crippen molar-refractivity contribution in [2.75, 3.05) is 6.54 Å². The molecule has 5 nitrogen and oxygen atoms in total. The average Bonchev–Trinajstić information content (AvgIpc) is 3.18. The first-order chi connectivity index (χ1) is 11.5. The number of hydrogen-bond donors (Lipinski definition) is 1. The van der Waals surface area contributed by atoms with Crippen LogP contribution in [0, 0.1) is 5.92 Å². The topological polar surface area (TPSA) is 59.8 Å². The molecule has 7 heteroatoms. The summed E-state index contributed by atoms with van der Waals surface area (Å²) in [5, 5.41) is 10.7. The smallest absolute Gasteiger partial charge is 0.248 e. The highest BCUT2D eigenvalue weighted by Gasteiger charge is 2.39. The van der Waals surface area contributed by atoms with Gasteiger partial charge in [0.15, 0.2) is 0 Å². The van der Waals surface area contributed by atoms with Crippen LogP contribution in [0.2, 0.25) is 0 Å². The van der Waals surface area contributed by atoms with Gasteiger partial charge < -0.3 is 5.32 Å². The number of aromatic nitrogens is 3. The van der Waals surface area contributed by atoms with Gasteiger partial charge in [0.1, 0.15) is 12.2 Å². The van der Waals surface area contributed by atoms with E-state index in [1.807, 2.05) is 34.9 Å². The fourth-order valence-electron chi connectivity index (χ4n) is 3.02. The predicted molar refractivity (Wildman–Crippen MR) is 85.0 cm³/mol. The molecule has 3 rings (SSSR count). The molecule has 1 N–H and O–H groups in total. The molecule has 0 radical (unpaired) electrons. The second kappa shape index (κ2) is 7.07. The normalized spacial score (nSPS) is 19.3. The van der Waals surface area contributed by atoms with Crippen LogP contribution in [0.4, 0.5) is 8.78 Å². The zero-order valence-electron chi connectivity index (χ0n) is 13.3. The second-order valence-corrected chi connectivity index (χ2v) is 6.22. The summed E-state index contributed by atoms with van der Waals surface area (Å²) in [4.78, 5) is 11.9. The number of halogens is 2. The number of para-hydroxylation sites is 1. The number of carbonyl (C=O) groups excluding carboxylic acids is 1. The lowest BCUT2D eigenvalue weighted by atomic mass is 10.1. The van der Waals surface area contributed by atoms with Gasteiger partial charge in [0.05, 0.1) is 0 Å². The van der Waals surface area contributed by atoms with E-state index < -0.39 is 5.92 Å². The molecule has 1 atom stereocenters. The van der Waals surface area contributed by atoms with Gasteiger partial charge in [0.25, 0.3) is 0 Å². The van der Waals surface area contributed by atoms with E-state index in [2.05, 4.69) is 15.5 Å². The third kappa shape index (κ3) is 4.15. The molecule has 1 fully saturated rings. The van der Waals surface area contributed by atoms with Crippen LogP contribution in [0.25, 0.3) is 5.69 Å². The molecule has 2 aromatic rings. The summed E-state index contributed by atoms with van der Waals surface area (Å²) in [6, 6.07) is 9.64. The Morgan fingerprint density at radius 3 is 2.83 bits per heavy atom. The average molecular weight is 334 g/mol. The van der Waals surface area contributed by atoms with Crippen LogP contribution in [-0.2, 0) is 11.2 Å². The summed E-state index contributed by atoms with van der Waals surface area (Å²) < 4.78 is 28.1. The van der Waals surface area contributed by atoms with Crippen molar-refractivity contribution in [3.8, 4) is 5.69 Å². The van der Waals surface area contributed by atoms with Crippen LogP contribution < -0.4 is 5.32 Å². The maximum atomic E-state index is 13.1. The van der Waals surface area contributed by atoms with Crippen LogP contribution >= 0.6 is 0 Å². The van der Waals surface area contributed by atoms with Gasteiger partial charge in [0.2, 0.25) is 11.8 Å². The van der Waals surface area contributed by atoms with E-state index in [-0.39, 0.29) is 31.1 Å². The lowest BCUT2D eigenvalue weighted by Gasteiger charge is -2.12. The molecule has 0 unspecified atom stereocenters. The molecular formula is C17H20F2N4O. The Hall–Kier alpha value is -2.31. The number of alkyl halides is 2. The highest BCUT2D eigenvalue weighted by atomic mass is 19.3. The van der Waals surface area contributed by atoms with E-state index in [4.69, 9.17) is 0 Å². The maximum absolute atomic E-state index is 13.1. The molecule has 1 saturated carbocycles. The number of aryl methyl sites for hydroxylation is 1. The largest absolute Gasteiger partial charge is 0.356 e. The number of nitrogens with one attached hydrogen (secondary N) is 1. The zero-order chi connectivity index (χ0) is 17.0. The predicted octanol–water partition coefficient (Wildman–Crippen LogP) is 2.75. The maximum Gasteiger partial charge on any atom is 0.248 e. The van der Waals surface area contributed by atoms with E-state index in [0.717, 1.165) is 5.69 Å². The molecule has 1 heterocycles. The van der Waals surface area contributed by atoms with Crippen LogP contribution in [0.5, 0.6) is 0 Å². The van der Waals surface area contributed by atoms with E-state index in [1.54, 1.807) is 6.33 Å². The van der Waals surface area contributed by atoms with Crippen LogP contribution in [0.3, 0.4) is 0 Å². The molecule has 0 aliphatic heterocycles. The van der Waals surface area contributed by atoms with Crippen molar-refractivity contribution in [3.05, 3.63) is 42.5 Å². The van der Waals surface area contributed by atoms with Crippen LogP contribution in [0.15, 0.2) is 36.7 Å². The Kier molecular flexibility index (Phi) is 4.87. The van der Waals surface area contributed by atoms with Crippen molar-refractivity contribution < 1.29 is 13.6 Å². The zero-order valence-corrected chi connectivity index (χ0v) is 13.3. The van der Waals surface area contributed by atoms with Gasteiger partial charge in [-0.2, -0.15) is 0 Å². The Balaban J connectivity index is 1.48. The van der Waals surface area contributed by atoms with Crippen molar-refractivity contribution in [2.24, 2.45) is 5.92 Å². The summed E-state index contributed by atoms with van der Waals surface area (Å²) in [5.74, 6) is -2.14. The standard InChI is InChI=1S/C17H20F2N4O/c18-17(19)9-8-13(10-17)11-20-16(24)7-6-15-22-21-12-23(15)14-4-2-1-3-5-14/h1-5,12-13H,6-11H2,(H,20,24)/t13-/m1/s1. The number of rotatable bonds is 6. The van der Waals surface area contributed by atoms with Gasteiger partial charge in [0, 0.05) is 37.9 Å². The van der Waals surface area contributed by atoms with Crippen molar-refractivity contribution in [3.63, 3.8) is 0 Å². The molecular weight excluding hydrogens is 314 g/mol. The van der Waals surface area contributed by atoms with E-state index in [1.165, 1.54) is 0 Å². The molecule has 1 aromatic carbocycles. The monoisotopic (exact) mass is 334 g/mol.